The molecule has 166 valence electrons. The van der Waals surface area contributed by atoms with E-state index >= 15 is 0 Å². The maximum Gasteiger partial charge on any atom is 0.258 e. The van der Waals surface area contributed by atoms with Gasteiger partial charge in [-0.3, -0.25) is 19.1 Å². The number of aliphatic hydroxyl groups excluding tert-OH is 1. The number of β-amino-alcohol motifs (C(OH)–C–C–N with tert-alkyl or cyclic N) is 1. The third kappa shape index (κ3) is 5.48. The summed E-state index contributed by atoms with van der Waals surface area (Å²) in [6.45, 7) is 12.7. The quantitative estimate of drug-likeness (QED) is 0.522. The second-order valence-electron chi connectivity index (χ2n) is 7.94. The van der Waals surface area contributed by atoms with Crippen LogP contribution in [-0.2, 0) is 0 Å². The number of rotatable bonds is 8. The Morgan fingerprint density at radius 3 is 2.68 bits per heavy atom. The van der Waals surface area contributed by atoms with Crippen molar-refractivity contribution in [1.82, 2.24) is 14.3 Å². The van der Waals surface area contributed by atoms with Gasteiger partial charge in [-0.1, -0.05) is 25.5 Å². The molecule has 3 heterocycles. The zero-order valence-corrected chi connectivity index (χ0v) is 18.8. The highest BCUT2D eigenvalue weighted by Crippen LogP contribution is 2.18. The zero-order chi connectivity index (χ0) is 22.4. The second-order valence-corrected chi connectivity index (χ2v) is 7.94. The van der Waals surface area contributed by atoms with Crippen LogP contribution in [0.1, 0.15) is 32.4 Å². The van der Waals surface area contributed by atoms with Gasteiger partial charge in [-0.2, -0.15) is 0 Å². The molecule has 0 spiro atoms. The lowest BCUT2D eigenvalue weighted by molar-refractivity contribution is 0.189. The number of allylic oxidation sites excluding steroid dienone is 3. The SMILES string of the molecule is C=C(CCC)/C(C)=C/C(=NC)c1cc(=O)n2cc(N3CCN(CCO)CC3)ccc2n1. The van der Waals surface area contributed by atoms with Crippen LogP contribution in [-0.4, -0.2) is 71.5 Å². The number of pyridine rings is 1. The molecule has 3 rings (SSSR count). The standard InChI is InChI=1S/C24H33N5O2/c1-5-6-18(2)19(3)15-21(25-4)22-16-24(31)29-17-20(7-8-23(29)26-22)28-11-9-27(10-12-28)13-14-30/h7-8,15-17,30H,2,5-6,9-14H2,1,3-4H3/b19-15+,25-21?. The highest BCUT2D eigenvalue weighted by atomic mass is 16.3. The Bertz CT molecular complexity index is 1050. The molecule has 1 N–H and O–H groups in total. The van der Waals surface area contributed by atoms with E-state index in [1.54, 1.807) is 17.5 Å². The number of aliphatic hydroxyl groups is 1. The molecule has 0 amide bonds. The summed E-state index contributed by atoms with van der Waals surface area (Å²) < 4.78 is 1.60. The molecule has 1 aliphatic heterocycles. The molecule has 1 fully saturated rings. The van der Waals surface area contributed by atoms with Crippen molar-refractivity contribution in [2.24, 2.45) is 4.99 Å². The van der Waals surface area contributed by atoms with Crippen molar-refractivity contribution in [2.75, 3.05) is 51.3 Å². The fourth-order valence-electron chi connectivity index (χ4n) is 3.84. The van der Waals surface area contributed by atoms with Crippen LogP contribution in [0.2, 0.25) is 0 Å². The third-order valence-corrected chi connectivity index (χ3v) is 5.76. The lowest BCUT2D eigenvalue weighted by Gasteiger charge is -2.35. The Hall–Kier alpha value is -2.77. The Balaban J connectivity index is 1.86. The van der Waals surface area contributed by atoms with Gasteiger partial charge in [0.05, 0.1) is 23.7 Å². The summed E-state index contributed by atoms with van der Waals surface area (Å²) in [4.78, 5) is 26.4. The summed E-state index contributed by atoms with van der Waals surface area (Å²) in [5.74, 6) is 0. The number of hydrogen-bond acceptors (Lipinski definition) is 6. The first kappa shape index (κ1) is 22.9. The zero-order valence-electron chi connectivity index (χ0n) is 18.8. The van der Waals surface area contributed by atoms with Crippen LogP contribution in [0.5, 0.6) is 0 Å². The minimum Gasteiger partial charge on any atom is -0.395 e. The molecule has 7 nitrogen and oxygen atoms in total. The summed E-state index contributed by atoms with van der Waals surface area (Å²) in [5, 5.41) is 9.11. The van der Waals surface area contributed by atoms with Crippen LogP contribution >= 0.6 is 0 Å². The van der Waals surface area contributed by atoms with Crippen molar-refractivity contribution < 1.29 is 5.11 Å². The van der Waals surface area contributed by atoms with Crippen molar-refractivity contribution in [3.63, 3.8) is 0 Å². The van der Waals surface area contributed by atoms with Crippen molar-refractivity contribution in [1.29, 1.82) is 0 Å². The Kier molecular flexibility index (Phi) is 7.76. The molecule has 1 aliphatic rings. The number of fused-ring (bicyclic) bond motifs is 1. The number of hydrogen-bond donors (Lipinski definition) is 1. The van der Waals surface area contributed by atoms with Gasteiger partial charge in [-0.15, -0.1) is 0 Å². The normalized spacial score (nSPS) is 16.2. The summed E-state index contributed by atoms with van der Waals surface area (Å²) in [7, 11) is 1.71. The van der Waals surface area contributed by atoms with E-state index in [1.165, 1.54) is 0 Å². The summed E-state index contributed by atoms with van der Waals surface area (Å²) >= 11 is 0. The van der Waals surface area contributed by atoms with E-state index in [0.717, 1.165) is 55.9 Å². The second kappa shape index (κ2) is 10.5. The molecular weight excluding hydrogens is 390 g/mol. The predicted molar refractivity (Wildman–Crippen MR) is 127 cm³/mol. The molecule has 0 aromatic carbocycles. The Morgan fingerprint density at radius 1 is 1.29 bits per heavy atom. The van der Waals surface area contributed by atoms with Gasteiger partial charge in [-0.05, 0) is 37.1 Å². The van der Waals surface area contributed by atoms with E-state index in [4.69, 9.17) is 10.1 Å². The lowest BCUT2D eigenvalue weighted by atomic mass is 10.0. The van der Waals surface area contributed by atoms with Crippen molar-refractivity contribution in [3.8, 4) is 0 Å². The van der Waals surface area contributed by atoms with Crippen LogP contribution < -0.4 is 10.5 Å². The van der Waals surface area contributed by atoms with Gasteiger partial charge in [0, 0.05) is 52.0 Å². The Morgan fingerprint density at radius 2 is 2.03 bits per heavy atom. The van der Waals surface area contributed by atoms with Crippen LogP contribution in [0, 0.1) is 0 Å². The van der Waals surface area contributed by atoms with Crippen LogP contribution in [0.15, 0.2) is 58.0 Å². The highest BCUT2D eigenvalue weighted by molar-refractivity contribution is 6.08. The van der Waals surface area contributed by atoms with E-state index in [-0.39, 0.29) is 12.2 Å². The fraction of sp³-hybridized carbons (Fsp3) is 0.458. The molecule has 0 saturated carbocycles. The first-order chi connectivity index (χ1) is 15.0. The topological polar surface area (TPSA) is 73.4 Å². The van der Waals surface area contributed by atoms with Crippen LogP contribution in [0.4, 0.5) is 5.69 Å². The maximum atomic E-state index is 12.9. The number of piperazine rings is 1. The third-order valence-electron chi connectivity index (χ3n) is 5.76. The van der Waals surface area contributed by atoms with Gasteiger partial charge >= 0.3 is 0 Å². The molecule has 0 radical (unpaired) electrons. The van der Waals surface area contributed by atoms with Crippen LogP contribution in [0.25, 0.3) is 5.65 Å². The minimum atomic E-state index is -0.125. The van der Waals surface area contributed by atoms with E-state index in [2.05, 4.69) is 28.3 Å². The average molecular weight is 424 g/mol. The van der Waals surface area contributed by atoms with Gasteiger partial charge in [0.2, 0.25) is 0 Å². The number of nitrogens with zero attached hydrogens (tertiary/aromatic N) is 5. The molecule has 0 atom stereocenters. The largest absolute Gasteiger partial charge is 0.395 e. The first-order valence-corrected chi connectivity index (χ1v) is 10.9. The van der Waals surface area contributed by atoms with E-state index in [1.807, 2.05) is 31.3 Å². The fourth-order valence-corrected chi connectivity index (χ4v) is 3.84. The Labute approximate surface area is 184 Å². The molecule has 2 aromatic rings. The minimum absolute atomic E-state index is 0.125. The van der Waals surface area contributed by atoms with Gasteiger partial charge < -0.3 is 10.0 Å². The summed E-state index contributed by atoms with van der Waals surface area (Å²) in [6, 6.07) is 5.45. The van der Waals surface area contributed by atoms with Crippen LogP contribution in [0.3, 0.4) is 0 Å². The first-order valence-electron chi connectivity index (χ1n) is 10.9. The molecule has 0 aliphatic carbocycles. The summed E-state index contributed by atoms with van der Waals surface area (Å²) in [6.07, 6.45) is 5.79. The van der Waals surface area contributed by atoms with Gasteiger partial charge in [-0.25, -0.2) is 4.98 Å². The molecule has 7 heteroatoms. The van der Waals surface area contributed by atoms with E-state index in [9.17, 15) is 4.79 Å². The molecular formula is C24H33N5O2. The molecule has 0 bridgehead atoms. The molecule has 1 saturated heterocycles. The lowest BCUT2D eigenvalue weighted by Crippen LogP contribution is -2.47. The maximum absolute atomic E-state index is 12.9. The summed E-state index contributed by atoms with van der Waals surface area (Å²) in [5.41, 5.74) is 4.86. The highest BCUT2D eigenvalue weighted by Gasteiger charge is 2.17. The van der Waals surface area contributed by atoms with Crippen molar-refractivity contribution in [2.45, 2.75) is 26.7 Å². The number of aromatic nitrogens is 2. The molecule has 2 aromatic heterocycles. The number of aliphatic imine (C=N–C) groups is 1. The predicted octanol–water partition coefficient (Wildman–Crippen LogP) is 2.53. The molecule has 31 heavy (non-hydrogen) atoms. The number of anilines is 1. The van der Waals surface area contributed by atoms with E-state index < -0.39 is 0 Å². The van der Waals surface area contributed by atoms with Gasteiger partial charge in [0.15, 0.2) is 0 Å². The van der Waals surface area contributed by atoms with Crippen molar-refractivity contribution in [3.05, 3.63) is 64.2 Å². The monoisotopic (exact) mass is 423 g/mol. The van der Waals surface area contributed by atoms with Gasteiger partial charge in [0.25, 0.3) is 5.56 Å². The average Bonchev–Trinajstić information content (AvgIpc) is 2.78. The van der Waals surface area contributed by atoms with E-state index in [0.29, 0.717) is 23.6 Å². The molecule has 0 unspecified atom stereocenters. The smallest absolute Gasteiger partial charge is 0.258 e. The van der Waals surface area contributed by atoms with Crippen molar-refractivity contribution >= 4 is 17.0 Å². The van der Waals surface area contributed by atoms with Gasteiger partial charge in [0.1, 0.15) is 5.65 Å².